The molecular formula is C18H18F4N2O3S. The van der Waals surface area contributed by atoms with Gasteiger partial charge in [-0.2, -0.15) is 13.2 Å². The lowest BCUT2D eigenvalue weighted by Gasteiger charge is -2.38. The molecule has 0 amide bonds. The molecule has 0 unspecified atom stereocenters. The molecule has 28 heavy (non-hydrogen) atoms. The molecule has 10 heteroatoms. The van der Waals surface area contributed by atoms with Crippen LogP contribution in [0, 0.1) is 5.82 Å². The van der Waals surface area contributed by atoms with Crippen molar-refractivity contribution in [1.82, 2.24) is 9.71 Å². The van der Waals surface area contributed by atoms with Crippen LogP contribution in [0.2, 0.25) is 0 Å². The molecule has 5 nitrogen and oxygen atoms in total. The van der Waals surface area contributed by atoms with Crippen molar-refractivity contribution in [3.8, 4) is 0 Å². The van der Waals surface area contributed by atoms with E-state index in [1.165, 1.54) is 6.07 Å². The van der Waals surface area contributed by atoms with Gasteiger partial charge in [0, 0.05) is 31.4 Å². The summed E-state index contributed by atoms with van der Waals surface area (Å²) in [6.07, 6.45) is -1.93. The van der Waals surface area contributed by atoms with Crippen LogP contribution >= 0.6 is 0 Å². The van der Waals surface area contributed by atoms with Gasteiger partial charge in [0.1, 0.15) is 10.7 Å². The number of halogens is 4. The highest BCUT2D eigenvalue weighted by atomic mass is 32.2. The number of nitrogens with one attached hydrogen (secondary N) is 1. The van der Waals surface area contributed by atoms with Crippen LogP contribution in [0.15, 0.2) is 47.6 Å². The maximum atomic E-state index is 13.3. The fourth-order valence-corrected chi connectivity index (χ4v) is 4.31. The van der Waals surface area contributed by atoms with E-state index < -0.39 is 33.0 Å². The van der Waals surface area contributed by atoms with Crippen LogP contribution in [0.1, 0.15) is 24.0 Å². The molecule has 1 saturated heterocycles. The molecule has 0 saturated carbocycles. The van der Waals surface area contributed by atoms with Crippen molar-refractivity contribution in [3.63, 3.8) is 0 Å². The summed E-state index contributed by atoms with van der Waals surface area (Å²) in [7, 11) is -4.08. The van der Waals surface area contributed by atoms with Gasteiger partial charge in [-0.15, -0.1) is 0 Å². The van der Waals surface area contributed by atoms with Gasteiger partial charge in [0.25, 0.3) is 0 Å². The number of aromatic nitrogens is 1. The van der Waals surface area contributed by atoms with Crippen LogP contribution < -0.4 is 4.72 Å². The van der Waals surface area contributed by atoms with Crippen LogP contribution in [0.25, 0.3) is 0 Å². The third-order valence-corrected chi connectivity index (χ3v) is 6.21. The van der Waals surface area contributed by atoms with Gasteiger partial charge in [0.2, 0.25) is 10.0 Å². The predicted molar refractivity (Wildman–Crippen MR) is 92.6 cm³/mol. The largest absolute Gasteiger partial charge is 0.416 e. The lowest BCUT2D eigenvalue weighted by Crippen LogP contribution is -2.44. The average Bonchev–Trinajstić information content (AvgIpc) is 2.67. The van der Waals surface area contributed by atoms with E-state index in [1.807, 2.05) is 0 Å². The quantitative estimate of drug-likeness (QED) is 0.757. The molecule has 0 aliphatic carbocycles. The first-order valence-corrected chi connectivity index (χ1v) is 9.96. The number of sulfonamides is 1. The Morgan fingerprint density at radius 2 is 1.86 bits per heavy atom. The molecule has 1 aromatic heterocycles. The SMILES string of the molecule is O=S(=O)(NCC1(c2cccc(C(F)(F)F)c2)CCOCC1)c1cncc(F)c1. The van der Waals surface area contributed by atoms with Crippen molar-refractivity contribution in [2.24, 2.45) is 0 Å². The molecular weight excluding hydrogens is 400 g/mol. The zero-order valence-corrected chi connectivity index (χ0v) is 15.5. The molecule has 1 aliphatic heterocycles. The fourth-order valence-electron chi connectivity index (χ4n) is 3.21. The maximum absolute atomic E-state index is 13.3. The predicted octanol–water partition coefficient (Wildman–Crippen LogP) is 3.27. The molecule has 0 radical (unpaired) electrons. The van der Waals surface area contributed by atoms with Gasteiger partial charge in [-0.05, 0) is 30.5 Å². The zero-order valence-electron chi connectivity index (χ0n) is 14.7. The van der Waals surface area contributed by atoms with Crippen LogP contribution in [0.3, 0.4) is 0 Å². The van der Waals surface area contributed by atoms with E-state index in [1.54, 1.807) is 6.07 Å². The summed E-state index contributed by atoms with van der Waals surface area (Å²) in [6.45, 7) is 0.440. The normalized spacial score (nSPS) is 17.4. The van der Waals surface area contributed by atoms with Gasteiger partial charge in [0.15, 0.2) is 0 Å². The second kappa shape index (κ2) is 7.76. The van der Waals surface area contributed by atoms with Crippen molar-refractivity contribution in [3.05, 3.63) is 59.7 Å². The Morgan fingerprint density at radius 3 is 2.50 bits per heavy atom. The highest BCUT2D eigenvalue weighted by molar-refractivity contribution is 7.89. The van der Waals surface area contributed by atoms with E-state index in [0.29, 0.717) is 31.6 Å². The van der Waals surface area contributed by atoms with Crippen molar-refractivity contribution in [2.75, 3.05) is 19.8 Å². The highest BCUT2D eigenvalue weighted by Crippen LogP contribution is 2.38. The van der Waals surface area contributed by atoms with Crippen molar-refractivity contribution < 1.29 is 30.7 Å². The second-order valence-corrected chi connectivity index (χ2v) is 8.40. The third-order valence-electron chi connectivity index (χ3n) is 4.84. The average molecular weight is 418 g/mol. The molecule has 152 valence electrons. The number of rotatable bonds is 5. The first kappa shape index (κ1) is 20.7. The van der Waals surface area contributed by atoms with Crippen LogP contribution in [-0.4, -0.2) is 33.2 Å². The molecule has 1 aliphatic rings. The first-order valence-electron chi connectivity index (χ1n) is 8.48. The summed E-state index contributed by atoms with van der Waals surface area (Å²) < 4.78 is 85.4. The molecule has 1 fully saturated rings. The molecule has 0 spiro atoms. The Bertz CT molecular complexity index is 942. The van der Waals surface area contributed by atoms with Crippen molar-refractivity contribution >= 4 is 10.0 Å². The Morgan fingerprint density at radius 1 is 1.14 bits per heavy atom. The topological polar surface area (TPSA) is 68.3 Å². The molecule has 2 heterocycles. The van der Waals surface area contributed by atoms with E-state index in [9.17, 15) is 26.0 Å². The summed E-state index contributed by atoms with van der Waals surface area (Å²) in [6, 6.07) is 5.71. The Balaban J connectivity index is 1.91. The Hall–Kier alpha value is -2.04. The third kappa shape index (κ3) is 4.50. The Labute approximate surface area is 159 Å². The van der Waals surface area contributed by atoms with Gasteiger partial charge in [-0.3, -0.25) is 4.98 Å². The number of benzene rings is 1. The van der Waals surface area contributed by atoms with Crippen molar-refractivity contribution in [1.29, 1.82) is 0 Å². The minimum atomic E-state index is -4.50. The van der Waals surface area contributed by atoms with Gasteiger partial charge < -0.3 is 4.74 Å². The van der Waals surface area contributed by atoms with E-state index >= 15 is 0 Å². The summed E-state index contributed by atoms with van der Waals surface area (Å²) in [4.78, 5) is 3.17. The van der Waals surface area contributed by atoms with Crippen LogP contribution in [0.4, 0.5) is 17.6 Å². The fraction of sp³-hybridized carbons (Fsp3) is 0.389. The van der Waals surface area contributed by atoms with E-state index in [2.05, 4.69) is 9.71 Å². The molecule has 0 atom stereocenters. The van der Waals surface area contributed by atoms with Crippen LogP contribution in [0.5, 0.6) is 0 Å². The van der Waals surface area contributed by atoms with Crippen LogP contribution in [-0.2, 0) is 26.4 Å². The first-order chi connectivity index (χ1) is 13.1. The summed E-state index contributed by atoms with van der Waals surface area (Å²) in [5, 5.41) is 0. The number of hydrogen-bond acceptors (Lipinski definition) is 4. The summed E-state index contributed by atoms with van der Waals surface area (Å²) in [5.74, 6) is -0.804. The monoisotopic (exact) mass is 418 g/mol. The van der Waals surface area contributed by atoms with Gasteiger partial charge in [-0.25, -0.2) is 17.5 Å². The maximum Gasteiger partial charge on any atom is 0.416 e. The summed E-state index contributed by atoms with van der Waals surface area (Å²) >= 11 is 0. The highest BCUT2D eigenvalue weighted by Gasteiger charge is 2.38. The van der Waals surface area contributed by atoms with Crippen molar-refractivity contribution in [2.45, 2.75) is 29.3 Å². The standard InChI is InChI=1S/C18H18F4N2O3S/c19-15-9-16(11-23-10-15)28(25,26)24-12-17(4-6-27-7-5-17)13-2-1-3-14(8-13)18(20,21)22/h1-3,8-11,24H,4-7,12H2. The zero-order chi connectivity index (χ0) is 20.4. The molecule has 2 aromatic rings. The lowest BCUT2D eigenvalue weighted by molar-refractivity contribution is -0.137. The second-order valence-electron chi connectivity index (χ2n) is 6.63. The number of pyridine rings is 1. The van der Waals surface area contributed by atoms with E-state index in [-0.39, 0.29) is 11.4 Å². The molecule has 0 bridgehead atoms. The minimum absolute atomic E-state index is 0.142. The number of ether oxygens (including phenoxy) is 1. The Kier molecular flexibility index (Phi) is 5.74. The van der Waals surface area contributed by atoms with Gasteiger partial charge in [0.05, 0.1) is 11.8 Å². The van der Waals surface area contributed by atoms with Gasteiger partial charge >= 0.3 is 6.18 Å². The lowest BCUT2D eigenvalue weighted by atomic mass is 9.74. The van der Waals surface area contributed by atoms with E-state index in [4.69, 9.17) is 4.74 Å². The molecule has 1 N–H and O–H groups in total. The van der Waals surface area contributed by atoms with E-state index in [0.717, 1.165) is 30.6 Å². The molecule has 3 rings (SSSR count). The number of hydrogen-bond donors (Lipinski definition) is 1. The molecule has 1 aromatic carbocycles. The van der Waals surface area contributed by atoms with Gasteiger partial charge in [-0.1, -0.05) is 18.2 Å². The smallest absolute Gasteiger partial charge is 0.381 e. The number of nitrogens with zero attached hydrogens (tertiary/aromatic N) is 1. The summed E-state index contributed by atoms with van der Waals surface area (Å²) in [5.41, 5.74) is -1.29. The number of alkyl halides is 3. The minimum Gasteiger partial charge on any atom is -0.381 e.